The van der Waals surface area contributed by atoms with Crippen molar-refractivity contribution in [3.05, 3.63) is 0 Å². The Morgan fingerprint density at radius 3 is 2.47 bits per heavy atom. The summed E-state index contributed by atoms with van der Waals surface area (Å²) in [6.45, 7) is 9.32. The molecule has 1 aliphatic carbocycles. The highest BCUT2D eigenvalue weighted by Crippen LogP contribution is 2.39. The summed E-state index contributed by atoms with van der Waals surface area (Å²) in [5, 5.41) is 0. The van der Waals surface area contributed by atoms with Crippen molar-refractivity contribution in [2.24, 2.45) is 17.6 Å². The minimum atomic E-state index is 0.0608. The van der Waals surface area contributed by atoms with Gasteiger partial charge >= 0.3 is 0 Å². The Bertz CT molecular complexity index is 221. The van der Waals surface area contributed by atoms with E-state index >= 15 is 0 Å². The van der Waals surface area contributed by atoms with Crippen LogP contribution in [0.1, 0.15) is 46.5 Å². The Balaban J connectivity index is 1.91. The van der Waals surface area contributed by atoms with E-state index in [1.165, 1.54) is 32.2 Å². The van der Waals surface area contributed by atoms with Crippen LogP contribution in [0.15, 0.2) is 0 Å². The van der Waals surface area contributed by atoms with Crippen LogP contribution in [-0.2, 0) is 0 Å². The summed E-state index contributed by atoms with van der Waals surface area (Å²) < 4.78 is 0. The van der Waals surface area contributed by atoms with Gasteiger partial charge in [-0.1, -0.05) is 6.92 Å². The van der Waals surface area contributed by atoms with Crippen molar-refractivity contribution >= 4 is 0 Å². The molecule has 1 heterocycles. The summed E-state index contributed by atoms with van der Waals surface area (Å²) in [5.41, 5.74) is 6.48. The molecule has 1 saturated carbocycles. The van der Waals surface area contributed by atoms with Crippen LogP contribution in [0.3, 0.4) is 0 Å². The third-order valence-corrected chi connectivity index (χ3v) is 4.30. The Morgan fingerprint density at radius 1 is 1.20 bits per heavy atom. The van der Waals surface area contributed by atoms with Gasteiger partial charge in [-0.3, -0.25) is 4.90 Å². The second-order valence-electron chi connectivity index (χ2n) is 6.24. The first-order valence-corrected chi connectivity index (χ1v) is 6.52. The van der Waals surface area contributed by atoms with Crippen molar-refractivity contribution in [3.63, 3.8) is 0 Å². The molecule has 2 fully saturated rings. The molecule has 3 atom stereocenters. The Kier molecular flexibility index (Phi) is 3.09. The molecule has 1 saturated heterocycles. The molecule has 15 heavy (non-hydrogen) atoms. The van der Waals surface area contributed by atoms with E-state index < -0.39 is 0 Å². The van der Waals surface area contributed by atoms with Crippen LogP contribution in [0, 0.1) is 11.8 Å². The summed E-state index contributed by atoms with van der Waals surface area (Å²) in [4.78, 5) is 2.62. The molecule has 0 radical (unpaired) electrons. The molecule has 0 bridgehead atoms. The third-order valence-electron chi connectivity index (χ3n) is 4.30. The van der Waals surface area contributed by atoms with Gasteiger partial charge < -0.3 is 5.73 Å². The first-order chi connectivity index (χ1) is 6.99. The van der Waals surface area contributed by atoms with E-state index in [1.54, 1.807) is 0 Å². The standard InChI is InChI=1S/C13H26N2/c1-10-4-5-11(2)15(8-10)9-13(3,14)12-6-7-12/h10-12H,4-9,14H2,1-3H3. The summed E-state index contributed by atoms with van der Waals surface area (Å²) in [6, 6.07) is 0.739. The molecule has 1 aliphatic heterocycles. The van der Waals surface area contributed by atoms with Gasteiger partial charge in [0.15, 0.2) is 0 Å². The number of hydrogen-bond donors (Lipinski definition) is 1. The van der Waals surface area contributed by atoms with Crippen molar-refractivity contribution in [2.75, 3.05) is 13.1 Å². The second kappa shape index (κ2) is 4.06. The SMILES string of the molecule is CC1CCC(C)N(CC(C)(N)C2CC2)C1. The molecule has 2 rings (SSSR count). The van der Waals surface area contributed by atoms with E-state index in [0.29, 0.717) is 0 Å². The molecule has 0 aromatic carbocycles. The number of piperidine rings is 1. The highest BCUT2D eigenvalue weighted by molar-refractivity contribution is 4.98. The molecular weight excluding hydrogens is 184 g/mol. The minimum absolute atomic E-state index is 0.0608. The van der Waals surface area contributed by atoms with Gasteiger partial charge in [0.2, 0.25) is 0 Å². The Morgan fingerprint density at radius 2 is 1.87 bits per heavy atom. The third kappa shape index (κ3) is 2.73. The van der Waals surface area contributed by atoms with E-state index in [9.17, 15) is 0 Å². The van der Waals surface area contributed by atoms with Crippen molar-refractivity contribution in [1.29, 1.82) is 0 Å². The number of nitrogens with two attached hydrogens (primary N) is 1. The van der Waals surface area contributed by atoms with Crippen LogP contribution in [0.5, 0.6) is 0 Å². The fourth-order valence-electron chi connectivity index (χ4n) is 2.91. The average molecular weight is 210 g/mol. The van der Waals surface area contributed by atoms with Gasteiger partial charge in [-0.15, -0.1) is 0 Å². The summed E-state index contributed by atoms with van der Waals surface area (Å²) in [5.74, 6) is 1.65. The molecule has 0 amide bonds. The van der Waals surface area contributed by atoms with Gasteiger partial charge in [0, 0.05) is 24.7 Å². The van der Waals surface area contributed by atoms with Gasteiger partial charge in [0.1, 0.15) is 0 Å². The number of rotatable bonds is 3. The molecule has 0 aromatic heterocycles. The zero-order valence-corrected chi connectivity index (χ0v) is 10.5. The molecule has 3 unspecified atom stereocenters. The zero-order chi connectivity index (χ0) is 11.1. The minimum Gasteiger partial charge on any atom is -0.324 e. The lowest BCUT2D eigenvalue weighted by Crippen LogP contribution is -2.54. The van der Waals surface area contributed by atoms with Crippen molar-refractivity contribution in [1.82, 2.24) is 4.90 Å². The lowest BCUT2D eigenvalue weighted by molar-refractivity contribution is 0.0939. The normalized spacial score (nSPS) is 37.6. The van der Waals surface area contributed by atoms with Crippen molar-refractivity contribution < 1.29 is 0 Å². The molecule has 0 aromatic rings. The largest absolute Gasteiger partial charge is 0.324 e. The number of likely N-dealkylation sites (tertiary alicyclic amines) is 1. The van der Waals surface area contributed by atoms with Crippen LogP contribution in [0.25, 0.3) is 0 Å². The van der Waals surface area contributed by atoms with Crippen LogP contribution < -0.4 is 5.73 Å². The topological polar surface area (TPSA) is 29.3 Å². The predicted octanol–water partition coefficient (Wildman–Crippen LogP) is 2.23. The average Bonchev–Trinajstić information content (AvgIpc) is 2.93. The van der Waals surface area contributed by atoms with Crippen LogP contribution in [0.4, 0.5) is 0 Å². The highest BCUT2D eigenvalue weighted by atomic mass is 15.2. The molecule has 2 heteroatoms. The molecule has 88 valence electrons. The number of nitrogens with zero attached hydrogens (tertiary/aromatic N) is 1. The lowest BCUT2D eigenvalue weighted by atomic mass is 9.90. The second-order valence-corrected chi connectivity index (χ2v) is 6.24. The lowest BCUT2D eigenvalue weighted by Gasteiger charge is -2.41. The smallest absolute Gasteiger partial charge is 0.0283 e. The Hall–Kier alpha value is -0.0800. The van der Waals surface area contributed by atoms with Gasteiger partial charge in [0.25, 0.3) is 0 Å². The van der Waals surface area contributed by atoms with Crippen LogP contribution in [-0.4, -0.2) is 29.6 Å². The molecular formula is C13H26N2. The maximum absolute atomic E-state index is 6.42. The van der Waals surface area contributed by atoms with Gasteiger partial charge in [-0.25, -0.2) is 0 Å². The molecule has 0 spiro atoms. The van der Waals surface area contributed by atoms with Gasteiger partial charge in [-0.05, 0) is 51.4 Å². The first-order valence-electron chi connectivity index (χ1n) is 6.52. The number of hydrogen-bond acceptors (Lipinski definition) is 2. The van der Waals surface area contributed by atoms with Crippen LogP contribution in [0.2, 0.25) is 0 Å². The summed E-state index contributed by atoms with van der Waals surface area (Å²) in [7, 11) is 0. The van der Waals surface area contributed by atoms with E-state index in [1.807, 2.05) is 0 Å². The maximum Gasteiger partial charge on any atom is 0.0283 e. The van der Waals surface area contributed by atoms with E-state index in [0.717, 1.165) is 24.4 Å². The Labute approximate surface area is 94.2 Å². The molecule has 2 N–H and O–H groups in total. The molecule has 2 aliphatic rings. The van der Waals surface area contributed by atoms with Gasteiger partial charge in [0.05, 0.1) is 0 Å². The van der Waals surface area contributed by atoms with Crippen molar-refractivity contribution in [3.8, 4) is 0 Å². The maximum atomic E-state index is 6.42. The zero-order valence-electron chi connectivity index (χ0n) is 10.5. The first kappa shape index (κ1) is 11.4. The van der Waals surface area contributed by atoms with E-state index in [2.05, 4.69) is 25.7 Å². The summed E-state index contributed by atoms with van der Waals surface area (Å²) in [6.07, 6.45) is 5.44. The monoisotopic (exact) mass is 210 g/mol. The fraction of sp³-hybridized carbons (Fsp3) is 1.00. The van der Waals surface area contributed by atoms with Crippen molar-refractivity contribution in [2.45, 2.75) is 58.0 Å². The van der Waals surface area contributed by atoms with Gasteiger partial charge in [-0.2, -0.15) is 0 Å². The highest BCUT2D eigenvalue weighted by Gasteiger charge is 2.40. The van der Waals surface area contributed by atoms with Crippen LogP contribution >= 0.6 is 0 Å². The van der Waals surface area contributed by atoms with E-state index in [4.69, 9.17) is 5.73 Å². The van der Waals surface area contributed by atoms with E-state index in [-0.39, 0.29) is 5.54 Å². The quantitative estimate of drug-likeness (QED) is 0.774. The summed E-state index contributed by atoms with van der Waals surface area (Å²) >= 11 is 0. The molecule has 2 nitrogen and oxygen atoms in total. The predicted molar refractivity (Wildman–Crippen MR) is 64.7 cm³/mol. The fourth-order valence-corrected chi connectivity index (χ4v) is 2.91.